The molecule has 1 aliphatic heterocycles. The van der Waals surface area contributed by atoms with Crippen LogP contribution in [0.15, 0.2) is 39.4 Å². The van der Waals surface area contributed by atoms with Crippen molar-refractivity contribution in [2.45, 2.75) is 18.8 Å². The first kappa shape index (κ1) is 17.5. The smallest absolute Gasteiger partial charge is 0.255 e. The molecule has 0 saturated carbocycles. The van der Waals surface area contributed by atoms with E-state index in [9.17, 15) is 4.79 Å². The molecule has 1 saturated heterocycles. The van der Waals surface area contributed by atoms with E-state index in [1.54, 1.807) is 34.4 Å². The standard InChI is InChI=1S/C18H15Cl2N3O2S/c19-13-3-4-14(15(20)8-13)18(24)23-6-1-2-11(9-23)16-21-22-17(25-16)12-5-7-26-10-12/h3-5,7-8,10-11H,1-2,6,9H2. The number of benzene rings is 1. The number of hydrogen-bond acceptors (Lipinski definition) is 5. The summed E-state index contributed by atoms with van der Waals surface area (Å²) in [7, 11) is 0. The fraction of sp³-hybridized carbons (Fsp3) is 0.278. The van der Waals surface area contributed by atoms with Crippen LogP contribution in [0.2, 0.25) is 10.0 Å². The van der Waals surface area contributed by atoms with E-state index in [1.807, 2.05) is 16.8 Å². The van der Waals surface area contributed by atoms with E-state index >= 15 is 0 Å². The molecular formula is C18H15Cl2N3O2S. The third kappa shape index (κ3) is 3.49. The lowest BCUT2D eigenvalue weighted by Crippen LogP contribution is -2.39. The highest BCUT2D eigenvalue weighted by atomic mass is 35.5. The number of rotatable bonds is 3. The Bertz CT molecular complexity index is 926. The van der Waals surface area contributed by atoms with Gasteiger partial charge in [0.1, 0.15) is 0 Å². The molecule has 0 bridgehead atoms. The van der Waals surface area contributed by atoms with Crippen molar-refractivity contribution >= 4 is 40.4 Å². The third-order valence-electron chi connectivity index (χ3n) is 4.43. The van der Waals surface area contributed by atoms with E-state index in [1.165, 1.54) is 0 Å². The zero-order chi connectivity index (χ0) is 18.1. The second-order valence-electron chi connectivity index (χ2n) is 6.17. The van der Waals surface area contributed by atoms with E-state index in [4.69, 9.17) is 27.6 Å². The average molecular weight is 408 g/mol. The van der Waals surface area contributed by atoms with Crippen molar-refractivity contribution in [1.29, 1.82) is 0 Å². The van der Waals surface area contributed by atoms with Crippen molar-refractivity contribution in [2.24, 2.45) is 0 Å². The normalized spacial score (nSPS) is 17.5. The van der Waals surface area contributed by atoms with Gasteiger partial charge in [-0.1, -0.05) is 23.2 Å². The van der Waals surface area contributed by atoms with Crippen LogP contribution in [-0.2, 0) is 0 Å². The van der Waals surface area contributed by atoms with Gasteiger partial charge in [-0.2, -0.15) is 11.3 Å². The van der Waals surface area contributed by atoms with Gasteiger partial charge in [-0.3, -0.25) is 4.79 Å². The Hall–Kier alpha value is -1.89. The fourth-order valence-corrected chi connectivity index (χ4v) is 4.22. The Morgan fingerprint density at radius 1 is 1.27 bits per heavy atom. The summed E-state index contributed by atoms with van der Waals surface area (Å²) in [6.45, 7) is 1.21. The minimum atomic E-state index is -0.103. The number of aromatic nitrogens is 2. The van der Waals surface area contributed by atoms with E-state index in [-0.39, 0.29) is 11.8 Å². The number of nitrogens with zero attached hydrogens (tertiary/aromatic N) is 3. The first-order valence-corrected chi connectivity index (χ1v) is 9.92. The van der Waals surface area contributed by atoms with Crippen molar-refractivity contribution in [2.75, 3.05) is 13.1 Å². The Morgan fingerprint density at radius 3 is 2.92 bits per heavy atom. The predicted molar refractivity (Wildman–Crippen MR) is 102 cm³/mol. The van der Waals surface area contributed by atoms with E-state index in [0.717, 1.165) is 18.4 Å². The zero-order valence-electron chi connectivity index (χ0n) is 13.7. The lowest BCUT2D eigenvalue weighted by Gasteiger charge is -2.31. The van der Waals surface area contributed by atoms with Gasteiger partial charge >= 0.3 is 0 Å². The maximum absolute atomic E-state index is 12.8. The summed E-state index contributed by atoms with van der Waals surface area (Å²) in [6.07, 6.45) is 1.78. The van der Waals surface area contributed by atoms with Gasteiger partial charge < -0.3 is 9.32 Å². The Labute approximate surface area is 164 Å². The fourth-order valence-electron chi connectivity index (χ4n) is 3.10. The van der Waals surface area contributed by atoms with Gasteiger partial charge in [0.2, 0.25) is 11.8 Å². The number of piperidine rings is 1. The maximum Gasteiger partial charge on any atom is 0.255 e. The summed E-state index contributed by atoms with van der Waals surface area (Å²) < 4.78 is 5.84. The van der Waals surface area contributed by atoms with E-state index < -0.39 is 0 Å². The molecule has 1 atom stereocenters. The van der Waals surface area contributed by atoms with Gasteiger partial charge in [0, 0.05) is 29.1 Å². The summed E-state index contributed by atoms with van der Waals surface area (Å²) in [5.74, 6) is 1.02. The van der Waals surface area contributed by atoms with Crippen molar-refractivity contribution in [3.63, 3.8) is 0 Å². The van der Waals surface area contributed by atoms with Crippen LogP contribution in [0, 0.1) is 0 Å². The van der Waals surface area contributed by atoms with E-state index in [2.05, 4.69) is 10.2 Å². The van der Waals surface area contributed by atoms with Crippen molar-refractivity contribution < 1.29 is 9.21 Å². The minimum absolute atomic E-state index is 0.0265. The molecule has 1 unspecified atom stereocenters. The van der Waals surface area contributed by atoms with Gasteiger partial charge in [-0.25, -0.2) is 0 Å². The lowest BCUT2D eigenvalue weighted by molar-refractivity contribution is 0.0698. The van der Waals surface area contributed by atoms with Gasteiger partial charge in [0.15, 0.2) is 0 Å². The highest BCUT2D eigenvalue weighted by Gasteiger charge is 2.29. The molecule has 1 fully saturated rings. The van der Waals surface area contributed by atoms with Gasteiger partial charge in [-0.15, -0.1) is 10.2 Å². The molecule has 0 N–H and O–H groups in total. The van der Waals surface area contributed by atoms with Crippen LogP contribution in [0.5, 0.6) is 0 Å². The summed E-state index contributed by atoms with van der Waals surface area (Å²) >= 11 is 13.7. The molecule has 4 rings (SSSR count). The summed E-state index contributed by atoms with van der Waals surface area (Å²) in [4.78, 5) is 14.6. The third-order valence-corrected chi connectivity index (χ3v) is 5.66. The second kappa shape index (κ2) is 7.39. The molecule has 5 nitrogen and oxygen atoms in total. The second-order valence-corrected chi connectivity index (χ2v) is 7.80. The van der Waals surface area contributed by atoms with Crippen molar-refractivity contribution in [1.82, 2.24) is 15.1 Å². The molecule has 1 amide bonds. The van der Waals surface area contributed by atoms with Crippen LogP contribution in [-0.4, -0.2) is 34.1 Å². The molecule has 0 aliphatic carbocycles. The summed E-state index contributed by atoms with van der Waals surface area (Å²) in [5, 5.41) is 13.1. The maximum atomic E-state index is 12.8. The SMILES string of the molecule is O=C(c1ccc(Cl)cc1Cl)N1CCCC(c2nnc(-c3ccsc3)o2)C1. The Kier molecular flexibility index (Phi) is 4.98. The lowest BCUT2D eigenvalue weighted by atomic mass is 9.97. The van der Waals surface area contributed by atoms with Crippen molar-refractivity contribution in [3.8, 4) is 11.5 Å². The molecule has 1 aliphatic rings. The monoisotopic (exact) mass is 407 g/mol. The zero-order valence-corrected chi connectivity index (χ0v) is 16.0. The molecular weight excluding hydrogens is 393 g/mol. The quantitative estimate of drug-likeness (QED) is 0.603. The Balaban J connectivity index is 1.51. The first-order valence-electron chi connectivity index (χ1n) is 8.22. The molecule has 8 heteroatoms. The van der Waals surface area contributed by atoms with Crippen LogP contribution in [0.4, 0.5) is 0 Å². The molecule has 3 heterocycles. The molecule has 0 spiro atoms. The summed E-state index contributed by atoms with van der Waals surface area (Å²) in [6, 6.07) is 6.87. The molecule has 0 radical (unpaired) electrons. The predicted octanol–water partition coefficient (Wildman–Crippen LogP) is 5.12. The topological polar surface area (TPSA) is 59.2 Å². The van der Waals surface area contributed by atoms with Crippen LogP contribution < -0.4 is 0 Å². The molecule has 2 aromatic heterocycles. The van der Waals surface area contributed by atoms with Gasteiger partial charge in [-0.05, 0) is 42.5 Å². The number of thiophene rings is 1. The average Bonchev–Trinajstić information content (AvgIpc) is 3.33. The van der Waals surface area contributed by atoms with Gasteiger partial charge in [0.05, 0.1) is 16.5 Å². The molecule has 1 aromatic carbocycles. The number of amides is 1. The first-order chi connectivity index (χ1) is 12.6. The molecule has 3 aromatic rings. The number of halogens is 2. The number of likely N-dealkylation sites (tertiary alicyclic amines) is 1. The summed E-state index contributed by atoms with van der Waals surface area (Å²) in [5.41, 5.74) is 1.38. The Morgan fingerprint density at radius 2 is 2.15 bits per heavy atom. The minimum Gasteiger partial charge on any atom is -0.420 e. The van der Waals surface area contributed by atoms with Crippen LogP contribution >= 0.6 is 34.5 Å². The van der Waals surface area contributed by atoms with Crippen molar-refractivity contribution in [3.05, 3.63) is 56.5 Å². The largest absolute Gasteiger partial charge is 0.420 e. The highest BCUT2D eigenvalue weighted by molar-refractivity contribution is 7.08. The number of hydrogen-bond donors (Lipinski definition) is 0. The van der Waals surface area contributed by atoms with Crippen LogP contribution in [0.25, 0.3) is 11.5 Å². The van der Waals surface area contributed by atoms with E-state index in [0.29, 0.717) is 40.5 Å². The number of carbonyl (C=O) groups is 1. The van der Waals surface area contributed by atoms with Crippen LogP contribution in [0.1, 0.15) is 35.0 Å². The van der Waals surface area contributed by atoms with Crippen LogP contribution in [0.3, 0.4) is 0 Å². The van der Waals surface area contributed by atoms with Gasteiger partial charge in [0.25, 0.3) is 5.91 Å². The highest BCUT2D eigenvalue weighted by Crippen LogP contribution is 2.31. The molecule has 26 heavy (non-hydrogen) atoms. The molecule has 134 valence electrons. The number of carbonyl (C=O) groups excluding carboxylic acids is 1.